The predicted octanol–water partition coefficient (Wildman–Crippen LogP) is 1.62. The Labute approximate surface area is 174 Å². The van der Waals surface area contributed by atoms with Crippen molar-refractivity contribution in [2.45, 2.75) is 46.7 Å². The van der Waals surface area contributed by atoms with Crippen LogP contribution in [0.1, 0.15) is 44.7 Å². The monoisotopic (exact) mass is 402 g/mol. The Kier molecular flexibility index (Phi) is 9.12. The van der Waals surface area contributed by atoms with E-state index in [1.165, 1.54) is 5.56 Å². The third-order valence-corrected chi connectivity index (χ3v) is 5.46. The average molecular weight is 403 g/mol. The number of hydrogen-bond acceptors (Lipinski definition) is 4. The summed E-state index contributed by atoms with van der Waals surface area (Å²) in [6, 6.07) is 8.28. The van der Waals surface area contributed by atoms with Crippen LogP contribution >= 0.6 is 0 Å². The zero-order valence-corrected chi connectivity index (χ0v) is 17.9. The van der Waals surface area contributed by atoms with Gasteiger partial charge >= 0.3 is 0 Å². The zero-order chi connectivity index (χ0) is 21.2. The van der Waals surface area contributed by atoms with Gasteiger partial charge in [0.15, 0.2) is 0 Å². The smallest absolute Gasteiger partial charge is 0.223 e. The van der Waals surface area contributed by atoms with Gasteiger partial charge < -0.3 is 15.1 Å². The highest BCUT2D eigenvalue weighted by Crippen LogP contribution is 2.08. The van der Waals surface area contributed by atoms with Crippen LogP contribution in [0.25, 0.3) is 0 Å². The van der Waals surface area contributed by atoms with Crippen molar-refractivity contribution >= 4 is 17.7 Å². The molecule has 0 bridgehead atoms. The molecule has 7 nitrogen and oxygen atoms in total. The van der Waals surface area contributed by atoms with Gasteiger partial charge in [0.05, 0.1) is 0 Å². The highest BCUT2D eigenvalue weighted by Gasteiger charge is 2.22. The van der Waals surface area contributed by atoms with E-state index in [4.69, 9.17) is 0 Å². The molecular weight excluding hydrogens is 368 g/mol. The van der Waals surface area contributed by atoms with E-state index in [1.807, 2.05) is 12.1 Å². The van der Waals surface area contributed by atoms with Gasteiger partial charge in [-0.3, -0.25) is 19.3 Å². The first-order chi connectivity index (χ1) is 13.9. The average Bonchev–Trinajstić information content (AvgIpc) is 2.75. The Morgan fingerprint density at radius 2 is 1.45 bits per heavy atom. The molecule has 7 heteroatoms. The van der Waals surface area contributed by atoms with E-state index in [9.17, 15) is 14.4 Å². The van der Waals surface area contributed by atoms with Crippen molar-refractivity contribution in [1.29, 1.82) is 0 Å². The third-order valence-electron chi connectivity index (χ3n) is 5.46. The van der Waals surface area contributed by atoms with Gasteiger partial charge in [-0.2, -0.15) is 0 Å². The van der Waals surface area contributed by atoms with E-state index in [0.717, 1.165) is 25.2 Å². The third kappa shape index (κ3) is 7.49. The summed E-state index contributed by atoms with van der Waals surface area (Å²) in [5.41, 5.74) is 2.31. The zero-order valence-electron chi connectivity index (χ0n) is 17.9. The summed E-state index contributed by atoms with van der Waals surface area (Å²) in [7, 11) is 0. The SMILES string of the molecule is CCN(CC)Cc1ccc(CNC(=O)CCC(=O)N2CCN(C(C)=O)CC2)cc1. The molecule has 0 aliphatic carbocycles. The summed E-state index contributed by atoms with van der Waals surface area (Å²) in [6.45, 7) is 11.5. The van der Waals surface area contributed by atoms with Crippen molar-refractivity contribution in [3.63, 3.8) is 0 Å². The molecule has 1 aliphatic rings. The van der Waals surface area contributed by atoms with E-state index >= 15 is 0 Å². The molecule has 0 atom stereocenters. The molecule has 0 aromatic heterocycles. The van der Waals surface area contributed by atoms with Gasteiger partial charge in [-0.05, 0) is 24.2 Å². The van der Waals surface area contributed by atoms with Crippen LogP contribution in [-0.2, 0) is 27.5 Å². The molecule has 160 valence electrons. The highest BCUT2D eigenvalue weighted by atomic mass is 16.2. The normalized spacial score (nSPS) is 14.2. The van der Waals surface area contributed by atoms with Gasteiger partial charge in [0.25, 0.3) is 0 Å². The van der Waals surface area contributed by atoms with E-state index in [2.05, 4.69) is 36.2 Å². The maximum atomic E-state index is 12.3. The van der Waals surface area contributed by atoms with Gasteiger partial charge in [0, 0.05) is 59.0 Å². The molecule has 1 fully saturated rings. The summed E-state index contributed by atoms with van der Waals surface area (Å²) < 4.78 is 0. The largest absolute Gasteiger partial charge is 0.352 e. The van der Waals surface area contributed by atoms with Crippen LogP contribution in [0.3, 0.4) is 0 Å². The predicted molar refractivity (Wildman–Crippen MR) is 113 cm³/mol. The van der Waals surface area contributed by atoms with Crippen LogP contribution in [0.15, 0.2) is 24.3 Å². The van der Waals surface area contributed by atoms with E-state index in [1.54, 1.807) is 16.7 Å². The lowest BCUT2D eigenvalue weighted by Gasteiger charge is -2.34. The van der Waals surface area contributed by atoms with Crippen molar-refractivity contribution in [3.8, 4) is 0 Å². The second kappa shape index (κ2) is 11.6. The maximum Gasteiger partial charge on any atom is 0.223 e. The number of carbonyl (C=O) groups excluding carboxylic acids is 3. The molecule has 1 N–H and O–H groups in total. The van der Waals surface area contributed by atoms with Crippen molar-refractivity contribution in [2.24, 2.45) is 0 Å². The van der Waals surface area contributed by atoms with Crippen molar-refractivity contribution in [2.75, 3.05) is 39.3 Å². The van der Waals surface area contributed by atoms with Gasteiger partial charge in [0.2, 0.25) is 17.7 Å². The quantitative estimate of drug-likeness (QED) is 0.681. The van der Waals surface area contributed by atoms with Gasteiger partial charge in [-0.15, -0.1) is 0 Å². The Balaban J connectivity index is 1.68. The number of nitrogens with one attached hydrogen (secondary N) is 1. The van der Waals surface area contributed by atoms with Crippen LogP contribution in [-0.4, -0.2) is 71.7 Å². The number of piperazine rings is 1. The minimum atomic E-state index is -0.118. The summed E-state index contributed by atoms with van der Waals surface area (Å²) in [4.78, 5) is 41.5. The fourth-order valence-corrected chi connectivity index (χ4v) is 3.41. The summed E-state index contributed by atoms with van der Waals surface area (Å²) in [5, 5.41) is 2.89. The van der Waals surface area contributed by atoms with E-state index in [-0.39, 0.29) is 30.6 Å². The Hall–Kier alpha value is -2.41. The number of rotatable bonds is 9. The summed E-state index contributed by atoms with van der Waals surface area (Å²) in [5.74, 6) is -0.102. The lowest BCUT2D eigenvalue weighted by Crippen LogP contribution is -2.50. The number of nitrogens with zero attached hydrogens (tertiary/aromatic N) is 3. The lowest BCUT2D eigenvalue weighted by molar-refractivity contribution is -0.139. The van der Waals surface area contributed by atoms with Gasteiger partial charge in [-0.25, -0.2) is 0 Å². The van der Waals surface area contributed by atoms with E-state index < -0.39 is 0 Å². The molecule has 0 unspecified atom stereocenters. The van der Waals surface area contributed by atoms with Gasteiger partial charge in [0.1, 0.15) is 0 Å². The summed E-state index contributed by atoms with van der Waals surface area (Å²) in [6.07, 6.45) is 0.389. The van der Waals surface area contributed by atoms with Crippen LogP contribution in [0.5, 0.6) is 0 Å². The number of hydrogen-bond donors (Lipinski definition) is 1. The molecular formula is C22H34N4O3. The van der Waals surface area contributed by atoms with Crippen LogP contribution < -0.4 is 5.32 Å². The molecule has 0 radical (unpaired) electrons. The van der Waals surface area contributed by atoms with Crippen LogP contribution in [0.2, 0.25) is 0 Å². The van der Waals surface area contributed by atoms with Crippen molar-refractivity contribution in [3.05, 3.63) is 35.4 Å². The van der Waals surface area contributed by atoms with E-state index in [0.29, 0.717) is 32.7 Å². The highest BCUT2D eigenvalue weighted by molar-refractivity contribution is 5.84. The fourth-order valence-electron chi connectivity index (χ4n) is 3.41. The number of amides is 3. The molecule has 0 spiro atoms. The molecule has 3 amide bonds. The molecule has 1 aliphatic heterocycles. The molecule has 1 aromatic carbocycles. The Morgan fingerprint density at radius 3 is 2.00 bits per heavy atom. The lowest BCUT2D eigenvalue weighted by atomic mass is 10.1. The molecule has 1 saturated heterocycles. The first-order valence-electron chi connectivity index (χ1n) is 10.5. The Morgan fingerprint density at radius 1 is 0.897 bits per heavy atom. The molecule has 1 heterocycles. The van der Waals surface area contributed by atoms with Gasteiger partial charge in [-0.1, -0.05) is 38.1 Å². The second-order valence-corrected chi connectivity index (χ2v) is 7.44. The molecule has 1 aromatic rings. The molecule has 0 saturated carbocycles. The van der Waals surface area contributed by atoms with Crippen molar-refractivity contribution < 1.29 is 14.4 Å². The minimum Gasteiger partial charge on any atom is -0.352 e. The first kappa shape index (κ1) is 22.9. The number of carbonyl (C=O) groups is 3. The molecule has 29 heavy (non-hydrogen) atoms. The van der Waals surface area contributed by atoms with Crippen LogP contribution in [0, 0.1) is 0 Å². The summed E-state index contributed by atoms with van der Waals surface area (Å²) >= 11 is 0. The molecule has 2 rings (SSSR count). The topological polar surface area (TPSA) is 73.0 Å². The minimum absolute atomic E-state index is 0.0240. The fraction of sp³-hybridized carbons (Fsp3) is 0.591. The second-order valence-electron chi connectivity index (χ2n) is 7.44. The Bertz CT molecular complexity index is 678. The standard InChI is InChI=1S/C22H34N4O3/c1-4-24(5-2)17-20-8-6-19(7-9-20)16-23-21(28)10-11-22(29)26-14-12-25(13-15-26)18(3)27/h6-9H,4-5,10-17H2,1-3H3,(H,23,28). The van der Waals surface area contributed by atoms with Crippen molar-refractivity contribution in [1.82, 2.24) is 20.0 Å². The van der Waals surface area contributed by atoms with Crippen LogP contribution in [0.4, 0.5) is 0 Å². The first-order valence-corrected chi connectivity index (χ1v) is 10.5. The number of benzene rings is 1. The maximum absolute atomic E-state index is 12.3.